The lowest BCUT2D eigenvalue weighted by atomic mass is 9.95. The van der Waals surface area contributed by atoms with E-state index in [9.17, 15) is 4.79 Å². The van der Waals surface area contributed by atoms with Crippen molar-refractivity contribution in [3.8, 4) is 11.5 Å². The van der Waals surface area contributed by atoms with Crippen molar-refractivity contribution in [3.05, 3.63) is 18.0 Å². The monoisotopic (exact) mass is 290 g/mol. The molecule has 4 rings (SSSR count). The molecule has 1 spiro atoms. The van der Waals surface area contributed by atoms with Gasteiger partial charge in [0.25, 0.3) is 5.91 Å². The highest BCUT2D eigenvalue weighted by molar-refractivity contribution is 5.93. The molecule has 1 aromatic rings. The minimum absolute atomic E-state index is 0.0324. The van der Waals surface area contributed by atoms with Gasteiger partial charge in [-0.15, -0.1) is 0 Å². The van der Waals surface area contributed by atoms with Gasteiger partial charge in [0, 0.05) is 19.2 Å². The van der Waals surface area contributed by atoms with Crippen LogP contribution < -0.4 is 9.47 Å². The lowest BCUT2D eigenvalue weighted by Gasteiger charge is -2.33. The zero-order valence-corrected chi connectivity index (χ0v) is 11.8. The largest absolute Gasteiger partial charge is 0.486 e. The van der Waals surface area contributed by atoms with Crippen LogP contribution in [0.5, 0.6) is 11.5 Å². The highest BCUT2D eigenvalue weighted by atomic mass is 16.6. The van der Waals surface area contributed by atoms with E-state index in [1.807, 2.05) is 4.90 Å². The number of likely N-dealkylation sites (tertiary alicyclic amines) is 1. The Kier molecular flexibility index (Phi) is 2.99. The zero-order valence-electron chi connectivity index (χ0n) is 11.8. The third-order valence-electron chi connectivity index (χ3n) is 4.57. The van der Waals surface area contributed by atoms with Crippen LogP contribution in [-0.4, -0.2) is 54.3 Å². The van der Waals surface area contributed by atoms with Gasteiger partial charge in [0.15, 0.2) is 11.5 Å². The Labute approximate surface area is 123 Å². The van der Waals surface area contributed by atoms with Gasteiger partial charge in [-0.3, -0.25) is 4.79 Å². The fraction of sp³-hybridized carbons (Fsp3) is 0.600. The van der Waals surface area contributed by atoms with Crippen LogP contribution in [0.2, 0.25) is 0 Å². The number of rotatable bonds is 1. The summed E-state index contributed by atoms with van der Waals surface area (Å²) in [5.41, 5.74) is 0.305. The van der Waals surface area contributed by atoms with Gasteiger partial charge in [0.2, 0.25) is 0 Å². The van der Waals surface area contributed by atoms with E-state index in [0.29, 0.717) is 37.0 Å². The molecule has 0 aliphatic carbocycles. The third kappa shape index (κ3) is 2.05. The minimum atomic E-state index is -0.119. The standard InChI is InChI=1S/C15H18N2O4/c18-14(17-4-1-2-15(17)3-5-19-10-15)11-8-12-13(9-16-11)21-7-6-20-12/h8-9H,1-7,10H2. The fourth-order valence-corrected chi connectivity index (χ4v) is 3.47. The van der Waals surface area contributed by atoms with Gasteiger partial charge in [0.1, 0.15) is 18.9 Å². The summed E-state index contributed by atoms with van der Waals surface area (Å²) in [4.78, 5) is 19.0. The van der Waals surface area contributed by atoms with Crippen molar-refractivity contribution >= 4 is 5.91 Å². The van der Waals surface area contributed by atoms with Crippen molar-refractivity contribution in [1.82, 2.24) is 9.88 Å². The Morgan fingerprint density at radius 1 is 1.19 bits per heavy atom. The molecule has 21 heavy (non-hydrogen) atoms. The summed E-state index contributed by atoms with van der Waals surface area (Å²) in [6, 6.07) is 1.69. The first-order valence-electron chi connectivity index (χ1n) is 7.44. The van der Waals surface area contributed by atoms with E-state index in [2.05, 4.69) is 4.98 Å². The van der Waals surface area contributed by atoms with Crippen LogP contribution >= 0.6 is 0 Å². The summed E-state index contributed by atoms with van der Waals surface area (Å²) in [6.07, 6.45) is 4.54. The summed E-state index contributed by atoms with van der Waals surface area (Å²) < 4.78 is 16.5. The number of fused-ring (bicyclic) bond motifs is 1. The van der Waals surface area contributed by atoms with Gasteiger partial charge in [0.05, 0.1) is 18.3 Å². The van der Waals surface area contributed by atoms with Gasteiger partial charge in [-0.25, -0.2) is 4.98 Å². The van der Waals surface area contributed by atoms with Crippen LogP contribution in [-0.2, 0) is 4.74 Å². The molecule has 0 aromatic carbocycles. The van der Waals surface area contributed by atoms with Crippen molar-refractivity contribution < 1.29 is 19.0 Å². The lowest BCUT2D eigenvalue weighted by molar-refractivity contribution is 0.0543. The number of ether oxygens (including phenoxy) is 3. The van der Waals surface area contributed by atoms with Crippen LogP contribution in [0.1, 0.15) is 29.8 Å². The van der Waals surface area contributed by atoms with Crippen LogP contribution in [0.25, 0.3) is 0 Å². The maximum Gasteiger partial charge on any atom is 0.273 e. The highest BCUT2D eigenvalue weighted by Crippen LogP contribution is 2.38. The highest BCUT2D eigenvalue weighted by Gasteiger charge is 2.46. The van der Waals surface area contributed by atoms with Gasteiger partial charge in [-0.05, 0) is 19.3 Å². The normalized spacial score (nSPS) is 27.3. The summed E-state index contributed by atoms with van der Waals surface area (Å²) >= 11 is 0. The number of nitrogens with zero attached hydrogens (tertiary/aromatic N) is 2. The van der Waals surface area contributed by atoms with E-state index in [1.165, 1.54) is 0 Å². The van der Waals surface area contributed by atoms with Gasteiger partial charge < -0.3 is 19.1 Å². The summed E-state index contributed by atoms with van der Waals surface area (Å²) in [5.74, 6) is 1.18. The van der Waals surface area contributed by atoms with Crippen LogP contribution in [0.4, 0.5) is 0 Å². The average molecular weight is 290 g/mol. The van der Waals surface area contributed by atoms with E-state index in [-0.39, 0.29) is 11.4 Å². The molecule has 0 radical (unpaired) electrons. The Morgan fingerprint density at radius 2 is 2.05 bits per heavy atom. The molecule has 0 saturated carbocycles. The molecule has 3 aliphatic rings. The van der Waals surface area contributed by atoms with Gasteiger partial charge in [-0.2, -0.15) is 0 Å². The maximum absolute atomic E-state index is 12.8. The molecular weight excluding hydrogens is 272 g/mol. The Balaban J connectivity index is 1.62. The maximum atomic E-state index is 12.8. The third-order valence-corrected chi connectivity index (χ3v) is 4.57. The van der Waals surface area contributed by atoms with E-state index >= 15 is 0 Å². The molecular formula is C15H18N2O4. The zero-order chi connectivity index (χ0) is 14.3. The molecule has 0 N–H and O–H groups in total. The first-order valence-corrected chi connectivity index (χ1v) is 7.44. The number of amides is 1. The van der Waals surface area contributed by atoms with Crippen molar-refractivity contribution in [1.29, 1.82) is 0 Å². The molecule has 4 heterocycles. The SMILES string of the molecule is O=C(c1cc2c(cn1)OCCO2)N1CCCC12CCOC2. The molecule has 1 unspecified atom stereocenters. The minimum Gasteiger partial charge on any atom is -0.486 e. The quantitative estimate of drug-likeness (QED) is 0.779. The van der Waals surface area contributed by atoms with E-state index in [1.54, 1.807) is 12.3 Å². The van der Waals surface area contributed by atoms with E-state index in [0.717, 1.165) is 32.4 Å². The molecule has 112 valence electrons. The smallest absolute Gasteiger partial charge is 0.273 e. The lowest BCUT2D eigenvalue weighted by Crippen LogP contribution is -2.48. The van der Waals surface area contributed by atoms with Crippen molar-refractivity contribution in [2.45, 2.75) is 24.8 Å². The molecule has 0 bridgehead atoms. The average Bonchev–Trinajstić information content (AvgIpc) is 3.17. The number of hydrogen-bond acceptors (Lipinski definition) is 5. The molecule has 2 fully saturated rings. The number of aromatic nitrogens is 1. The van der Waals surface area contributed by atoms with E-state index < -0.39 is 0 Å². The van der Waals surface area contributed by atoms with Crippen molar-refractivity contribution in [3.63, 3.8) is 0 Å². The summed E-state index contributed by atoms with van der Waals surface area (Å²) in [5, 5.41) is 0. The number of pyridine rings is 1. The Morgan fingerprint density at radius 3 is 2.86 bits per heavy atom. The van der Waals surface area contributed by atoms with E-state index in [4.69, 9.17) is 14.2 Å². The van der Waals surface area contributed by atoms with Crippen LogP contribution in [0, 0.1) is 0 Å². The number of carbonyl (C=O) groups is 1. The Hall–Kier alpha value is -1.82. The first kappa shape index (κ1) is 12.9. The molecule has 1 atom stereocenters. The second-order valence-corrected chi connectivity index (χ2v) is 5.80. The molecule has 6 heteroatoms. The predicted octanol–water partition coefficient (Wildman–Crippen LogP) is 1.25. The number of carbonyl (C=O) groups excluding carboxylic acids is 1. The first-order chi connectivity index (χ1) is 10.3. The second-order valence-electron chi connectivity index (χ2n) is 5.80. The molecule has 1 amide bonds. The summed E-state index contributed by atoms with van der Waals surface area (Å²) in [7, 11) is 0. The fourth-order valence-electron chi connectivity index (χ4n) is 3.47. The predicted molar refractivity (Wildman–Crippen MR) is 73.7 cm³/mol. The summed E-state index contributed by atoms with van der Waals surface area (Å²) in [6.45, 7) is 3.18. The topological polar surface area (TPSA) is 60.9 Å². The number of hydrogen-bond donors (Lipinski definition) is 0. The van der Waals surface area contributed by atoms with Crippen molar-refractivity contribution in [2.75, 3.05) is 33.0 Å². The van der Waals surface area contributed by atoms with Gasteiger partial charge in [-0.1, -0.05) is 0 Å². The van der Waals surface area contributed by atoms with Crippen LogP contribution in [0.3, 0.4) is 0 Å². The molecule has 1 aromatic heterocycles. The van der Waals surface area contributed by atoms with Crippen LogP contribution in [0.15, 0.2) is 12.3 Å². The molecule has 3 aliphatic heterocycles. The van der Waals surface area contributed by atoms with Crippen molar-refractivity contribution in [2.24, 2.45) is 0 Å². The molecule has 6 nitrogen and oxygen atoms in total. The second kappa shape index (κ2) is 4.87. The van der Waals surface area contributed by atoms with Gasteiger partial charge >= 0.3 is 0 Å². The molecule has 2 saturated heterocycles. The Bertz CT molecular complexity index is 563.